The minimum absolute atomic E-state index is 0.235. The van der Waals surface area contributed by atoms with Gasteiger partial charge in [0.15, 0.2) is 0 Å². The molecule has 1 aliphatic rings. The van der Waals surface area contributed by atoms with Crippen molar-refractivity contribution in [3.8, 4) is 0 Å². The summed E-state index contributed by atoms with van der Waals surface area (Å²) in [4.78, 5) is 9.09. The molecule has 0 spiro atoms. The number of likely N-dealkylation sites (tertiary alicyclic amines) is 1. The van der Waals surface area contributed by atoms with E-state index in [0.717, 1.165) is 60.6 Å². The summed E-state index contributed by atoms with van der Waals surface area (Å²) in [6, 6.07) is 10.8. The maximum Gasteiger partial charge on any atom is 0.125 e. The van der Waals surface area contributed by atoms with Crippen LogP contribution in [0.1, 0.15) is 37.4 Å². The summed E-state index contributed by atoms with van der Waals surface area (Å²) >= 11 is 0. The normalized spacial score (nSPS) is 15.4. The first kappa shape index (κ1) is 20.3. The van der Waals surface area contributed by atoms with Gasteiger partial charge in [-0.2, -0.15) is 0 Å². The van der Waals surface area contributed by atoms with E-state index in [9.17, 15) is 4.39 Å². The number of anilines is 1. The fraction of sp³-hybridized carbons (Fsp3) is 0.375. The van der Waals surface area contributed by atoms with Crippen LogP contribution < -0.4 is 4.90 Å². The zero-order valence-corrected chi connectivity index (χ0v) is 17.0. The van der Waals surface area contributed by atoms with E-state index in [1.807, 2.05) is 18.3 Å². The molecular weight excluding hydrogens is 349 g/mol. The second-order valence-corrected chi connectivity index (χ2v) is 7.63. The van der Waals surface area contributed by atoms with Gasteiger partial charge < -0.3 is 9.80 Å². The summed E-state index contributed by atoms with van der Waals surface area (Å²) < 4.78 is 13.9. The fourth-order valence-corrected chi connectivity index (χ4v) is 3.66. The van der Waals surface area contributed by atoms with E-state index < -0.39 is 0 Å². The molecule has 1 aromatic carbocycles. The van der Waals surface area contributed by atoms with Crippen LogP contribution in [0.2, 0.25) is 0 Å². The molecule has 0 unspecified atom stereocenters. The highest BCUT2D eigenvalue weighted by molar-refractivity contribution is 5.62. The predicted octanol–water partition coefficient (Wildman–Crippen LogP) is 5.51. The predicted molar refractivity (Wildman–Crippen MR) is 116 cm³/mol. The van der Waals surface area contributed by atoms with Crippen molar-refractivity contribution < 1.29 is 4.39 Å². The molecule has 0 bridgehead atoms. The Morgan fingerprint density at radius 2 is 1.96 bits per heavy atom. The highest BCUT2D eigenvalue weighted by Gasteiger charge is 2.24. The molecular formula is C24H30FN3. The number of halogens is 1. The fourth-order valence-electron chi connectivity index (χ4n) is 3.66. The topological polar surface area (TPSA) is 19.4 Å². The van der Waals surface area contributed by atoms with Crippen molar-refractivity contribution in [3.05, 3.63) is 78.5 Å². The highest BCUT2D eigenvalue weighted by atomic mass is 19.1. The largest absolute Gasteiger partial charge is 0.339 e. The molecule has 0 radical (unpaired) electrons. The molecule has 3 nitrogen and oxygen atoms in total. The Bertz CT molecular complexity index is 820. The summed E-state index contributed by atoms with van der Waals surface area (Å²) in [5, 5.41) is 0. The van der Waals surface area contributed by atoms with Crippen LogP contribution in [0.25, 0.3) is 5.57 Å². The molecule has 0 N–H and O–H groups in total. The smallest absolute Gasteiger partial charge is 0.125 e. The summed E-state index contributed by atoms with van der Waals surface area (Å²) in [6.07, 6.45) is 4.93. The lowest BCUT2D eigenvalue weighted by molar-refractivity contribution is 0.236. The van der Waals surface area contributed by atoms with Gasteiger partial charge in [0.1, 0.15) is 5.82 Å². The van der Waals surface area contributed by atoms with Crippen LogP contribution in [-0.4, -0.2) is 30.0 Å². The van der Waals surface area contributed by atoms with Crippen LogP contribution in [0, 0.1) is 11.7 Å². The summed E-state index contributed by atoms with van der Waals surface area (Å²) in [5.74, 6) is 0.167. The van der Waals surface area contributed by atoms with Crippen LogP contribution >= 0.6 is 0 Å². The van der Waals surface area contributed by atoms with E-state index in [1.165, 1.54) is 6.07 Å². The van der Waals surface area contributed by atoms with Crippen LogP contribution in [0.5, 0.6) is 0 Å². The van der Waals surface area contributed by atoms with Gasteiger partial charge in [0.25, 0.3) is 0 Å². The first-order valence-corrected chi connectivity index (χ1v) is 10.0. The molecule has 3 rings (SSSR count). The molecule has 1 aromatic heterocycles. The van der Waals surface area contributed by atoms with Crippen LogP contribution in [-0.2, 0) is 6.54 Å². The third kappa shape index (κ3) is 4.87. The lowest BCUT2D eigenvalue weighted by Crippen LogP contribution is -2.35. The third-order valence-corrected chi connectivity index (χ3v) is 5.64. The number of aromatic nitrogens is 1. The van der Waals surface area contributed by atoms with Gasteiger partial charge in [-0.25, -0.2) is 4.39 Å². The molecule has 148 valence electrons. The van der Waals surface area contributed by atoms with Gasteiger partial charge in [0, 0.05) is 23.5 Å². The SMILES string of the molecule is C=C(CC)c1ccc(CN(C(=C)C2CCN(C)CC2)c2cccc(F)c2)nc1. The van der Waals surface area contributed by atoms with E-state index in [1.54, 1.807) is 12.1 Å². The maximum atomic E-state index is 13.9. The first-order valence-electron chi connectivity index (χ1n) is 10.0. The van der Waals surface area contributed by atoms with E-state index in [-0.39, 0.29) is 5.82 Å². The van der Waals surface area contributed by atoms with E-state index >= 15 is 0 Å². The lowest BCUT2D eigenvalue weighted by atomic mass is 9.93. The Labute approximate surface area is 168 Å². The Hall–Kier alpha value is -2.46. The molecule has 1 fully saturated rings. The number of piperidine rings is 1. The first-order chi connectivity index (χ1) is 13.5. The van der Waals surface area contributed by atoms with E-state index in [0.29, 0.717) is 12.5 Å². The number of rotatable bonds is 7. The molecule has 0 amide bonds. The average molecular weight is 380 g/mol. The molecule has 0 aliphatic carbocycles. The van der Waals surface area contributed by atoms with Crippen molar-refractivity contribution in [1.29, 1.82) is 0 Å². The minimum atomic E-state index is -0.235. The van der Waals surface area contributed by atoms with Crippen molar-refractivity contribution in [2.75, 3.05) is 25.0 Å². The number of hydrogen-bond acceptors (Lipinski definition) is 3. The second kappa shape index (κ2) is 9.16. The van der Waals surface area contributed by atoms with Crippen LogP contribution in [0.4, 0.5) is 10.1 Å². The highest BCUT2D eigenvalue weighted by Crippen LogP contribution is 2.31. The molecule has 2 aromatic rings. The minimum Gasteiger partial charge on any atom is -0.339 e. The summed E-state index contributed by atoms with van der Waals surface area (Å²) in [6.45, 7) is 13.3. The van der Waals surface area contributed by atoms with Gasteiger partial charge >= 0.3 is 0 Å². The molecule has 1 saturated heterocycles. The molecule has 28 heavy (non-hydrogen) atoms. The van der Waals surface area contributed by atoms with Crippen molar-refractivity contribution in [2.45, 2.75) is 32.7 Å². The van der Waals surface area contributed by atoms with Crippen molar-refractivity contribution in [1.82, 2.24) is 9.88 Å². The van der Waals surface area contributed by atoms with E-state index in [4.69, 9.17) is 0 Å². The monoisotopic (exact) mass is 379 g/mol. The van der Waals surface area contributed by atoms with Gasteiger partial charge in [0.05, 0.1) is 12.2 Å². The number of nitrogens with zero attached hydrogens (tertiary/aromatic N) is 3. The van der Waals surface area contributed by atoms with Gasteiger partial charge in [-0.15, -0.1) is 0 Å². The number of benzene rings is 1. The lowest BCUT2D eigenvalue weighted by Gasteiger charge is -2.36. The quantitative estimate of drug-likeness (QED) is 0.633. The van der Waals surface area contributed by atoms with Crippen molar-refractivity contribution >= 4 is 11.3 Å². The summed E-state index contributed by atoms with van der Waals surface area (Å²) in [7, 11) is 2.15. The Balaban J connectivity index is 1.84. The van der Waals surface area contributed by atoms with Gasteiger partial charge in [-0.05, 0) is 74.8 Å². The molecule has 2 heterocycles. The molecule has 1 aliphatic heterocycles. The zero-order valence-electron chi connectivity index (χ0n) is 17.0. The van der Waals surface area contributed by atoms with E-state index in [2.05, 4.69) is 48.0 Å². The van der Waals surface area contributed by atoms with Gasteiger partial charge in [0.2, 0.25) is 0 Å². The number of allylic oxidation sites excluding steroid dienone is 2. The Kier molecular flexibility index (Phi) is 6.63. The average Bonchev–Trinajstić information content (AvgIpc) is 2.72. The second-order valence-electron chi connectivity index (χ2n) is 7.63. The molecule has 0 saturated carbocycles. The molecule has 4 heteroatoms. The third-order valence-electron chi connectivity index (χ3n) is 5.64. The van der Waals surface area contributed by atoms with Gasteiger partial charge in [-0.3, -0.25) is 4.98 Å². The number of pyridine rings is 1. The maximum absolute atomic E-state index is 13.9. The summed E-state index contributed by atoms with van der Waals surface area (Å²) in [5.41, 5.74) is 4.95. The standard InChI is InChI=1S/C24H30FN3/c1-5-18(2)21-9-10-23(26-16-21)17-28(24-8-6-7-22(25)15-24)19(3)20-11-13-27(4)14-12-20/h6-10,15-16,20H,2-3,5,11-14,17H2,1,4H3. The zero-order chi connectivity index (χ0) is 20.1. The van der Waals surface area contributed by atoms with Crippen molar-refractivity contribution in [3.63, 3.8) is 0 Å². The Morgan fingerprint density at radius 3 is 2.57 bits per heavy atom. The number of hydrogen-bond donors (Lipinski definition) is 0. The Morgan fingerprint density at radius 1 is 1.21 bits per heavy atom. The van der Waals surface area contributed by atoms with Gasteiger partial charge in [-0.1, -0.05) is 32.2 Å². The van der Waals surface area contributed by atoms with Crippen LogP contribution in [0.15, 0.2) is 61.4 Å². The van der Waals surface area contributed by atoms with Crippen LogP contribution in [0.3, 0.4) is 0 Å². The molecule has 0 atom stereocenters. The van der Waals surface area contributed by atoms with Crippen molar-refractivity contribution in [2.24, 2.45) is 5.92 Å².